The fourth-order valence-corrected chi connectivity index (χ4v) is 2.54. The van der Waals surface area contributed by atoms with E-state index >= 15 is 0 Å². The summed E-state index contributed by atoms with van der Waals surface area (Å²) in [6.45, 7) is 0.636. The molecule has 0 heterocycles. The summed E-state index contributed by atoms with van der Waals surface area (Å²) in [6, 6.07) is 5.67. The van der Waals surface area contributed by atoms with Crippen LogP contribution in [0.15, 0.2) is 42.7 Å². The van der Waals surface area contributed by atoms with Gasteiger partial charge in [0.05, 0.1) is 6.61 Å². The number of hydrogen-bond acceptors (Lipinski definition) is 8. The van der Waals surface area contributed by atoms with Gasteiger partial charge in [-0.3, -0.25) is 0 Å². The van der Waals surface area contributed by atoms with Gasteiger partial charge in [-0.25, -0.2) is 18.0 Å². The van der Waals surface area contributed by atoms with E-state index in [1.54, 1.807) is 0 Å². The molecule has 0 N–H and O–H groups in total. The quantitative estimate of drug-likeness (QED) is 0.0814. The third-order valence-corrected chi connectivity index (χ3v) is 4.66. The van der Waals surface area contributed by atoms with Gasteiger partial charge in [-0.15, -0.1) is 0 Å². The molecule has 0 saturated heterocycles. The predicted molar refractivity (Wildman–Crippen MR) is 92.0 cm³/mol. The molecule has 1 rings (SSSR count). The Bertz CT molecular complexity index is 1010. The van der Waals surface area contributed by atoms with Gasteiger partial charge >= 0.3 is 35.1 Å². The van der Waals surface area contributed by atoms with Gasteiger partial charge in [0.2, 0.25) is 5.83 Å². The number of carbonyl (C=O) groups is 2. The van der Waals surface area contributed by atoms with Crippen molar-refractivity contribution in [3.8, 4) is 5.75 Å². The zero-order valence-electron chi connectivity index (χ0n) is 16.4. The standard InChI is InChI=1S/C17H14F8O8S/c1-10(18)12(26)33-15(16(21,22)23,13(27)32-11-6-3-2-4-7-11)31-9-5-8-14(19,20)17(24,25)34(28,29)30/h2-4,6-7H,1,5,8-9H2,(H,28,29,30)/p-1. The molecule has 0 bridgehead atoms. The number of carbonyl (C=O) groups excluding carboxylic acids is 2. The molecule has 1 aromatic carbocycles. The molecule has 192 valence electrons. The first-order valence-corrected chi connectivity index (χ1v) is 9.96. The van der Waals surface area contributed by atoms with Crippen molar-refractivity contribution in [2.75, 3.05) is 6.61 Å². The van der Waals surface area contributed by atoms with E-state index in [1.165, 1.54) is 18.2 Å². The largest absolute Gasteiger partial charge is 0.743 e. The third-order valence-electron chi connectivity index (χ3n) is 3.73. The summed E-state index contributed by atoms with van der Waals surface area (Å²) in [4.78, 5) is 23.6. The SMILES string of the molecule is C=C(F)C(=O)OC(OCCCC(F)(F)C(F)(F)S(=O)(=O)[O-])(C(=O)Oc1ccccc1)C(F)(F)F. The van der Waals surface area contributed by atoms with Crippen LogP contribution in [0.3, 0.4) is 0 Å². The molecule has 0 radical (unpaired) electrons. The van der Waals surface area contributed by atoms with E-state index < -0.39 is 76.2 Å². The van der Waals surface area contributed by atoms with Crippen molar-refractivity contribution in [1.82, 2.24) is 0 Å². The maximum absolute atomic E-state index is 13.7. The molecule has 0 amide bonds. The number of hydrogen-bond donors (Lipinski definition) is 0. The Labute approximate surface area is 185 Å². The molecule has 1 aromatic rings. The molecule has 0 saturated carbocycles. The normalized spacial score (nSPS) is 14.7. The number of rotatable bonds is 11. The molecule has 1 unspecified atom stereocenters. The lowest BCUT2D eigenvalue weighted by molar-refractivity contribution is -0.352. The number of esters is 2. The molecule has 17 heteroatoms. The van der Waals surface area contributed by atoms with Crippen molar-refractivity contribution in [2.24, 2.45) is 0 Å². The lowest BCUT2D eigenvalue weighted by Crippen LogP contribution is -2.59. The molecule has 1 atom stereocenters. The van der Waals surface area contributed by atoms with Crippen LogP contribution in [0.5, 0.6) is 5.75 Å². The summed E-state index contributed by atoms with van der Waals surface area (Å²) in [6.07, 6.45) is -9.82. The minimum Gasteiger partial charge on any atom is -0.743 e. The predicted octanol–water partition coefficient (Wildman–Crippen LogP) is 3.45. The average molecular weight is 529 g/mol. The fourth-order valence-electron chi connectivity index (χ4n) is 2.07. The molecule has 0 aromatic heterocycles. The van der Waals surface area contributed by atoms with Gasteiger partial charge < -0.3 is 18.8 Å². The third kappa shape index (κ3) is 6.41. The molecule has 34 heavy (non-hydrogen) atoms. The molecular weight excluding hydrogens is 516 g/mol. The van der Waals surface area contributed by atoms with E-state index in [-0.39, 0.29) is 0 Å². The summed E-state index contributed by atoms with van der Waals surface area (Å²) in [7, 11) is -6.87. The van der Waals surface area contributed by atoms with Gasteiger partial charge in [0.1, 0.15) is 5.75 Å². The smallest absolute Gasteiger partial charge is 0.468 e. The first-order valence-electron chi connectivity index (χ1n) is 8.55. The molecule has 0 aliphatic heterocycles. The van der Waals surface area contributed by atoms with Crippen molar-refractivity contribution in [3.63, 3.8) is 0 Å². The first-order chi connectivity index (χ1) is 15.3. The molecule has 8 nitrogen and oxygen atoms in total. The van der Waals surface area contributed by atoms with E-state index in [4.69, 9.17) is 0 Å². The Morgan fingerprint density at radius 3 is 1.97 bits per heavy atom. The van der Waals surface area contributed by atoms with Crippen molar-refractivity contribution in [1.29, 1.82) is 0 Å². The maximum atomic E-state index is 13.7. The van der Waals surface area contributed by atoms with Crippen LogP contribution in [0.25, 0.3) is 0 Å². The van der Waals surface area contributed by atoms with Gasteiger partial charge in [0, 0.05) is 6.42 Å². The molecule has 0 aliphatic carbocycles. The summed E-state index contributed by atoms with van der Waals surface area (Å²) in [5.74, 6) is -18.1. The Balaban J connectivity index is 3.21. The topological polar surface area (TPSA) is 119 Å². The van der Waals surface area contributed by atoms with E-state index in [0.29, 0.717) is 0 Å². The zero-order valence-corrected chi connectivity index (χ0v) is 17.2. The van der Waals surface area contributed by atoms with Crippen LogP contribution in [0.1, 0.15) is 12.8 Å². The van der Waals surface area contributed by atoms with Crippen molar-refractivity contribution >= 4 is 22.1 Å². The molecule has 0 spiro atoms. The first kappa shape index (κ1) is 29.2. The van der Waals surface area contributed by atoms with Gasteiger partial charge in [0.15, 0.2) is 10.1 Å². The zero-order chi connectivity index (χ0) is 26.6. The second kappa shape index (κ2) is 10.2. The van der Waals surface area contributed by atoms with Crippen LogP contribution in [-0.4, -0.2) is 54.7 Å². The van der Waals surface area contributed by atoms with Crippen molar-refractivity contribution < 1.29 is 71.9 Å². The number of alkyl halides is 7. The summed E-state index contributed by atoms with van der Waals surface area (Å²) >= 11 is 0. The highest BCUT2D eigenvalue weighted by Gasteiger charge is 2.68. The molecule has 0 aliphatic rings. The van der Waals surface area contributed by atoms with Crippen LogP contribution in [0.2, 0.25) is 0 Å². The monoisotopic (exact) mass is 529 g/mol. The maximum Gasteiger partial charge on any atom is 0.468 e. The minimum atomic E-state index is -6.87. The highest BCUT2D eigenvalue weighted by atomic mass is 32.2. The van der Waals surface area contributed by atoms with E-state index in [1.807, 2.05) is 0 Å². The minimum absolute atomic E-state index is 0.563. The second-order valence-electron chi connectivity index (χ2n) is 6.24. The lowest BCUT2D eigenvalue weighted by Gasteiger charge is -2.32. The van der Waals surface area contributed by atoms with Gasteiger partial charge in [0.25, 0.3) is 0 Å². The lowest BCUT2D eigenvalue weighted by atomic mass is 10.2. The number of ether oxygens (including phenoxy) is 3. The van der Waals surface area contributed by atoms with E-state index in [0.717, 1.165) is 12.1 Å². The second-order valence-corrected chi connectivity index (χ2v) is 7.66. The van der Waals surface area contributed by atoms with Gasteiger partial charge in [-0.05, 0) is 18.6 Å². The van der Waals surface area contributed by atoms with Crippen LogP contribution >= 0.6 is 0 Å². The van der Waals surface area contributed by atoms with E-state index in [9.17, 15) is 57.7 Å². The van der Waals surface area contributed by atoms with Crippen molar-refractivity contribution in [3.05, 3.63) is 42.7 Å². The summed E-state index contributed by atoms with van der Waals surface area (Å²) in [5, 5.41) is -6.13. The number of benzene rings is 1. The Morgan fingerprint density at radius 1 is 1.00 bits per heavy atom. The van der Waals surface area contributed by atoms with E-state index in [2.05, 4.69) is 20.8 Å². The number of para-hydroxylation sites is 1. The Kier molecular flexibility index (Phi) is 8.79. The highest BCUT2D eigenvalue weighted by Crippen LogP contribution is 2.42. The number of halogens is 8. The van der Waals surface area contributed by atoms with Crippen LogP contribution < -0.4 is 4.74 Å². The van der Waals surface area contributed by atoms with Gasteiger partial charge in [-0.1, -0.05) is 24.8 Å². The van der Waals surface area contributed by atoms with Gasteiger partial charge in [-0.2, -0.15) is 35.1 Å². The average Bonchev–Trinajstić information content (AvgIpc) is 2.68. The molecule has 0 fully saturated rings. The summed E-state index contributed by atoms with van der Waals surface area (Å²) < 4.78 is 151. The fraction of sp³-hybridized carbons (Fsp3) is 0.412. The summed E-state index contributed by atoms with van der Waals surface area (Å²) in [5.41, 5.74) is 0. The Hall–Kier alpha value is -2.79. The van der Waals surface area contributed by atoms with Crippen LogP contribution in [0.4, 0.5) is 35.1 Å². The highest BCUT2D eigenvalue weighted by molar-refractivity contribution is 7.86. The van der Waals surface area contributed by atoms with Crippen molar-refractivity contribution in [2.45, 2.75) is 36.0 Å². The molecular formula is C17H13F8O8S-. The van der Waals surface area contributed by atoms with Crippen LogP contribution in [-0.2, 0) is 29.2 Å². The Morgan fingerprint density at radius 2 is 1.53 bits per heavy atom. The van der Waals surface area contributed by atoms with Crippen LogP contribution in [0, 0.1) is 0 Å².